The van der Waals surface area contributed by atoms with E-state index in [-0.39, 0.29) is 8.15 Å². The van der Waals surface area contributed by atoms with Gasteiger partial charge in [0.2, 0.25) is 0 Å². The molecule has 1 nitrogen and oxygen atoms in total. The smallest absolute Gasteiger partial charge is 0.131 e. The molecule has 0 heterocycles. The van der Waals surface area contributed by atoms with Crippen molar-refractivity contribution in [1.82, 2.24) is 0 Å². The molecule has 0 saturated carbocycles. The molecule has 0 aromatic heterocycles. The predicted octanol–water partition coefficient (Wildman–Crippen LogP) is 3.88. The zero-order chi connectivity index (χ0) is 9.97. The average Bonchev–Trinajstić information content (AvgIpc) is 2.18. The lowest BCUT2D eigenvalue weighted by atomic mass is 10.1. The number of fused-ring (bicyclic) bond motifs is 1. The molecule has 0 aliphatic carbocycles. The van der Waals surface area contributed by atoms with Crippen molar-refractivity contribution < 1.29 is 4.52 Å². The molecular formula is C12H13OP. The van der Waals surface area contributed by atoms with Gasteiger partial charge < -0.3 is 4.52 Å². The lowest BCUT2D eigenvalue weighted by Gasteiger charge is -2.11. The topological polar surface area (TPSA) is 9.23 Å². The van der Waals surface area contributed by atoms with Crippen molar-refractivity contribution in [1.29, 1.82) is 0 Å². The van der Waals surface area contributed by atoms with E-state index in [4.69, 9.17) is 4.52 Å². The minimum atomic E-state index is -0.350. The molecule has 0 aliphatic rings. The molecule has 0 radical (unpaired) electrons. The summed E-state index contributed by atoms with van der Waals surface area (Å²) in [6.07, 6.45) is 0. The number of hydrogen-bond donors (Lipinski definition) is 0. The van der Waals surface area contributed by atoms with Crippen LogP contribution >= 0.6 is 8.15 Å². The molecule has 0 atom stereocenters. The first-order valence-corrected chi connectivity index (χ1v) is 6.76. The first-order chi connectivity index (χ1) is 6.77. The fraction of sp³-hybridized carbons (Fsp3) is 0.167. The van der Waals surface area contributed by atoms with Gasteiger partial charge >= 0.3 is 0 Å². The van der Waals surface area contributed by atoms with Crippen LogP contribution in [0.2, 0.25) is 0 Å². The Morgan fingerprint density at radius 3 is 2.43 bits per heavy atom. The normalized spacial score (nSPS) is 10.8. The van der Waals surface area contributed by atoms with Crippen molar-refractivity contribution in [2.24, 2.45) is 0 Å². The molecule has 14 heavy (non-hydrogen) atoms. The first kappa shape index (κ1) is 9.48. The maximum Gasteiger partial charge on any atom is 0.131 e. The highest BCUT2D eigenvalue weighted by atomic mass is 31.1. The highest BCUT2D eigenvalue weighted by molar-refractivity contribution is 7.51. The van der Waals surface area contributed by atoms with Crippen LogP contribution in [-0.4, -0.2) is 13.3 Å². The Morgan fingerprint density at radius 2 is 1.64 bits per heavy atom. The summed E-state index contributed by atoms with van der Waals surface area (Å²) in [5.41, 5.74) is 0. The summed E-state index contributed by atoms with van der Waals surface area (Å²) >= 11 is 0. The van der Waals surface area contributed by atoms with E-state index >= 15 is 0 Å². The van der Waals surface area contributed by atoms with Crippen LogP contribution in [0, 0.1) is 0 Å². The van der Waals surface area contributed by atoms with Crippen LogP contribution in [0.4, 0.5) is 0 Å². The van der Waals surface area contributed by atoms with Crippen LogP contribution in [0.1, 0.15) is 0 Å². The van der Waals surface area contributed by atoms with Gasteiger partial charge in [-0.3, -0.25) is 0 Å². The van der Waals surface area contributed by atoms with E-state index in [1.165, 1.54) is 10.8 Å². The zero-order valence-electron chi connectivity index (χ0n) is 8.40. The molecule has 0 amide bonds. The lowest BCUT2D eigenvalue weighted by Crippen LogP contribution is -1.85. The van der Waals surface area contributed by atoms with E-state index < -0.39 is 0 Å². The SMILES string of the molecule is CP(C)Oc1cccc2ccccc12. The lowest BCUT2D eigenvalue weighted by molar-refractivity contribution is 0.631. The predicted molar refractivity (Wildman–Crippen MR) is 63.3 cm³/mol. The highest BCUT2D eigenvalue weighted by Crippen LogP contribution is 2.34. The van der Waals surface area contributed by atoms with Gasteiger partial charge in [-0.05, 0) is 24.8 Å². The Bertz CT molecular complexity index is 432. The number of benzene rings is 2. The number of rotatable bonds is 2. The van der Waals surface area contributed by atoms with E-state index in [1.807, 2.05) is 24.3 Å². The third-order valence-electron chi connectivity index (χ3n) is 2.03. The zero-order valence-corrected chi connectivity index (χ0v) is 9.29. The molecule has 2 aromatic carbocycles. The average molecular weight is 204 g/mol. The summed E-state index contributed by atoms with van der Waals surface area (Å²) in [6.45, 7) is 4.22. The van der Waals surface area contributed by atoms with Gasteiger partial charge in [-0.2, -0.15) is 0 Å². The molecule has 2 aromatic rings. The molecular weight excluding hydrogens is 191 g/mol. The van der Waals surface area contributed by atoms with Gasteiger partial charge in [0.1, 0.15) is 5.75 Å². The van der Waals surface area contributed by atoms with E-state index in [1.54, 1.807) is 0 Å². The molecule has 2 heteroatoms. The second-order valence-electron chi connectivity index (χ2n) is 3.38. The summed E-state index contributed by atoms with van der Waals surface area (Å²) in [4.78, 5) is 0. The van der Waals surface area contributed by atoms with Gasteiger partial charge in [0.15, 0.2) is 0 Å². The van der Waals surface area contributed by atoms with Crippen LogP contribution in [0.15, 0.2) is 42.5 Å². The monoisotopic (exact) mass is 204 g/mol. The highest BCUT2D eigenvalue weighted by Gasteiger charge is 2.02. The molecule has 0 fully saturated rings. The van der Waals surface area contributed by atoms with Crippen LogP contribution in [0.3, 0.4) is 0 Å². The van der Waals surface area contributed by atoms with E-state index in [9.17, 15) is 0 Å². The van der Waals surface area contributed by atoms with Crippen molar-refractivity contribution in [3.8, 4) is 5.75 Å². The van der Waals surface area contributed by atoms with Crippen molar-refractivity contribution in [2.75, 3.05) is 13.3 Å². The summed E-state index contributed by atoms with van der Waals surface area (Å²) in [5.74, 6) is 0.999. The third-order valence-corrected chi connectivity index (χ3v) is 2.59. The minimum absolute atomic E-state index is 0.350. The van der Waals surface area contributed by atoms with Crippen LogP contribution < -0.4 is 4.52 Å². The molecule has 2 rings (SSSR count). The van der Waals surface area contributed by atoms with Gasteiger partial charge in [0.05, 0.1) is 8.15 Å². The van der Waals surface area contributed by atoms with Crippen molar-refractivity contribution in [3.05, 3.63) is 42.5 Å². The quantitative estimate of drug-likeness (QED) is 0.674. The van der Waals surface area contributed by atoms with Crippen LogP contribution in [0.25, 0.3) is 10.8 Å². The Kier molecular flexibility index (Phi) is 2.69. The maximum absolute atomic E-state index is 5.79. The molecule has 0 unspecified atom stereocenters. The van der Waals surface area contributed by atoms with Crippen LogP contribution in [-0.2, 0) is 0 Å². The summed E-state index contributed by atoms with van der Waals surface area (Å²) in [5, 5.41) is 2.44. The van der Waals surface area contributed by atoms with Gasteiger partial charge in [-0.15, -0.1) is 0 Å². The fourth-order valence-corrected chi connectivity index (χ4v) is 2.02. The van der Waals surface area contributed by atoms with Crippen LogP contribution in [0.5, 0.6) is 5.75 Å². The van der Waals surface area contributed by atoms with E-state index in [0.29, 0.717) is 0 Å². The molecule has 0 aliphatic heterocycles. The summed E-state index contributed by atoms with van der Waals surface area (Å²) in [7, 11) is -0.350. The van der Waals surface area contributed by atoms with Crippen molar-refractivity contribution in [3.63, 3.8) is 0 Å². The Labute approximate surface area is 85.5 Å². The Balaban J connectivity index is 2.53. The Hall–Kier alpha value is -1.07. The van der Waals surface area contributed by atoms with Gasteiger partial charge in [0, 0.05) is 5.39 Å². The van der Waals surface area contributed by atoms with Gasteiger partial charge in [0.25, 0.3) is 0 Å². The van der Waals surface area contributed by atoms with E-state index in [0.717, 1.165) is 5.75 Å². The second-order valence-corrected chi connectivity index (χ2v) is 5.19. The number of hydrogen-bond acceptors (Lipinski definition) is 1. The Morgan fingerprint density at radius 1 is 0.929 bits per heavy atom. The third kappa shape index (κ3) is 1.88. The second kappa shape index (κ2) is 3.98. The first-order valence-electron chi connectivity index (χ1n) is 4.60. The van der Waals surface area contributed by atoms with Gasteiger partial charge in [-0.25, -0.2) is 0 Å². The minimum Gasteiger partial charge on any atom is -0.474 e. The molecule has 0 bridgehead atoms. The largest absolute Gasteiger partial charge is 0.474 e. The molecule has 0 spiro atoms. The maximum atomic E-state index is 5.79. The van der Waals surface area contributed by atoms with E-state index in [2.05, 4.69) is 31.5 Å². The van der Waals surface area contributed by atoms with Crippen molar-refractivity contribution >= 4 is 18.9 Å². The van der Waals surface area contributed by atoms with Crippen molar-refractivity contribution in [2.45, 2.75) is 0 Å². The molecule has 0 saturated heterocycles. The van der Waals surface area contributed by atoms with Gasteiger partial charge in [-0.1, -0.05) is 36.4 Å². The molecule has 0 N–H and O–H groups in total. The molecule has 72 valence electrons. The standard InChI is InChI=1S/C12H13OP/c1-14(2)13-12-9-5-7-10-6-3-4-8-11(10)12/h3-9H,1-2H3. The summed E-state index contributed by atoms with van der Waals surface area (Å²) in [6, 6.07) is 14.5. The fourth-order valence-electron chi connectivity index (χ4n) is 1.47. The summed E-state index contributed by atoms with van der Waals surface area (Å²) < 4.78 is 5.79.